The summed E-state index contributed by atoms with van der Waals surface area (Å²) in [6.07, 6.45) is -12.2. The van der Waals surface area contributed by atoms with Crippen LogP contribution in [0.4, 0.5) is 26.3 Å². The van der Waals surface area contributed by atoms with Crippen molar-refractivity contribution in [2.24, 2.45) is 5.73 Å². The van der Waals surface area contributed by atoms with E-state index in [9.17, 15) is 35.9 Å². The average molecular weight is 294 g/mol. The summed E-state index contributed by atoms with van der Waals surface area (Å²) >= 11 is 0. The SMILES string of the molecule is CCC(N)(CC)N(C(=O)C(F)(F)F)C(=O)C(F)(F)F. The van der Waals surface area contributed by atoms with Gasteiger partial charge >= 0.3 is 24.2 Å². The van der Waals surface area contributed by atoms with E-state index in [1.165, 1.54) is 13.8 Å². The van der Waals surface area contributed by atoms with Gasteiger partial charge in [0.2, 0.25) is 0 Å². The highest BCUT2D eigenvalue weighted by molar-refractivity contribution is 6.01. The number of halogens is 6. The van der Waals surface area contributed by atoms with Crippen molar-refractivity contribution >= 4 is 11.8 Å². The van der Waals surface area contributed by atoms with Crippen LogP contribution < -0.4 is 5.73 Å². The van der Waals surface area contributed by atoms with E-state index in [1.807, 2.05) is 0 Å². The second kappa shape index (κ2) is 5.35. The number of carbonyl (C=O) groups excluding carboxylic acids is 2. The van der Waals surface area contributed by atoms with Gasteiger partial charge in [0, 0.05) is 0 Å². The lowest BCUT2D eigenvalue weighted by Crippen LogP contribution is -2.65. The fourth-order valence-corrected chi connectivity index (χ4v) is 1.32. The Morgan fingerprint density at radius 1 is 0.895 bits per heavy atom. The van der Waals surface area contributed by atoms with Crippen LogP contribution in [0.25, 0.3) is 0 Å². The molecule has 0 radical (unpaired) electrons. The first kappa shape index (κ1) is 17.7. The maximum atomic E-state index is 12.3. The summed E-state index contributed by atoms with van der Waals surface area (Å²) in [7, 11) is 0. The van der Waals surface area contributed by atoms with Gasteiger partial charge in [-0.3, -0.25) is 9.59 Å². The predicted molar refractivity (Wildman–Crippen MR) is 51.5 cm³/mol. The molecule has 0 fully saturated rings. The van der Waals surface area contributed by atoms with E-state index in [-0.39, 0.29) is 0 Å². The van der Waals surface area contributed by atoms with Crippen LogP contribution in [0.15, 0.2) is 0 Å². The third-order valence-electron chi connectivity index (χ3n) is 2.56. The van der Waals surface area contributed by atoms with Gasteiger partial charge in [0.25, 0.3) is 0 Å². The summed E-state index contributed by atoms with van der Waals surface area (Å²) in [6.45, 7) is 2.34. The normalized spacial score (nSPS) is 13.3. The number of nitrogens with two attached hydrogens (primary N) is 1. The van der Waals surface area contributed by atoms with Crippen molar-refractivity contribution in [3.63, 3.8) is 0 Å². The Balaban J connectivity index is 5.79. The number of imide groups is 1. The van der Waals surface area contributed by atoms with Gasteiger partial charge in [-0.2, -0.15) is 26.3 Å². The number of alkyl halides is 6. The van der Waals surface area contributed by atoms with E-state index < -0.39 is 47.6 Å². The highest BCUT2D eigenvalue weighted by atomic mass is 19.4. The highest BCUT2D eigenvalue weighted by Crippen LogP contribution is 2.30. The number of amides is 2. The molecule has 0 aliphatic rings. The van der Waals surface area contributed by atoms with Crippen molar-refractivity contribution in [3.05, 3.63) is 0 Å². The lowest BCUT2D eigenvalue weighted by Gasteiger charge is -2.38. The van der Waals surface area contributed by atoms with E-state index in [2.05, 4.69) is 0 Å². The molecule has 0 unspecified atom stereocenters. The Morgan fingerprint density at radius 3 is 1.32 bits per heavy atom. The third kappa shape index (κ3) is 3.82. The van der Waals surface area contributed by atoms with Crippen LogP contribution in [0.3, 0.4) is 0 Å². The van der Waals surface area contributed by atoms with Crippen LogP contribution in [-0.4, -0.2) is 34.7 Å². The molecule has 0 saturated heterocycles. The van der Waals surface area contributed by atoms with Crippen LogP contribution in [0.2, 0.25) is 0 Å². The second-order valence-electron chi connectivity index (χ2n) is 3.75. The molecule has 0 atom stereocenters. The van der Waals surface area contributed by atoms with Crippen molar-refractivity contribution in [2.75, 3.05) is 0 Å². The first-order valence-corrected chi connectivity index (χ1v) is 5.12. The average Bonchev–Trinajstić information content (AvgIpc) is 2.26. The molecule has 112 valence electrons. The van der Waals surface area contributed by atoms with Gasteiger partial charge in [0.05, 0.1) is 5.66 Å². The summed E-state index contributed by atoms with van der Waals surface area (Å²) in [6, 6.07) is 0. The van der Waals surface area contributed by atoms with Gasteiger partial charge in [-0.15, -0.1) is 0 Å². The Kier molecular flexibility index (Phi) is 4.98. The van der Waals surface area contributed by atoms with E-state index in [4.69, 9.17) is 5.73 Å². The Bertz CT molecular complexity index is 333. The molecule has 0 aliphatic heterocycles. The topological polar surface area (TPSA) is 63.4 Å². The van der Waals surface area contributed by atoms with Crippen molar-refractivity contribution < 1.29 is 35.9 Å². The minimum Gasteiger partial charge on any atom is -0.308 e. The van der Waals surface area contributed by atoms with Crippen LogP contribution in [-0.2, 0) is 9.59 Å². The zero-order valence-electron chi connectivity index (χ0n) is 10.0. The Labute approximate surface area is 104 Å². The number of carbonyl (C=O) groups is 2. The molecular weight excluding hydrogens is 282 g/mol. The van der Waals surface area contributed by atoms with Gasteiger partial charge in [0.15, 0.2) is 0 Å². The maximum absolute atomic E-state index is 12.3. The molecule has 2 amide bonds. The molecule has 2 N–H and O–H groups in total. The Hall–Kier alpha value is -1.32. The molecule has 0 aromatic rings. The van der Waals surface area contributed by atoms with Crippen molar-refractivity contribution in [2.45, 2.75) is 44.7 Å². The lowest BCUT2D eigenvalue weighted by atomic mass is 10.0. The summed E-state index contributed by atoms with van der Waals surface area (Å²) in [4.78, 5) is 21.1. The van der Waals surface area contributed by atoms with Crippen LogP contribution in [0.5, 0.6) is 0 Å². The molecule has 0 saturated carbocycles. The zero-order chi connectivity index (χ0) is 15.6. The molecule has 0 aromatic carbocycles. The van der Waals surface area contributed by atoms with Gasteiger partial charge in [-0.05, 0) is 12.8 Å². The maximum Gasteiger partial charge on any atom is 0.471 e. The fourth-order valence-electron chi connectivity index (χ4n) is 1.32. The molecule has 10 heteroatoms. The van der Waals surface area contributed by atoms with Crippen molar-refractivity contribution in [1.82, 2.24) is 4.90 Å². The van der Waals surface area contributed by atoms with E-state index in [0.717, 1.165) is 0 Å². The zero-order valence-corrected chi connectivity index (χ0v) is 10.0. The number of hydrogen-bond acceptors (Lipinski definition) is 3. The molecule has 4 nitrogen and oxygen atoms in total. The first-order valence-electron chi connectivity index (χ1n) is 5.12. The molecule has 19 heavy (non-hydrogen) atoms. The molecule has 0 heterocycles. The minimum absolute atomic E-state index is 0.451. The molecule has 0 aromatic heterocycles. The third-order valence-corrected chi connectivity index (χ3v) is 2.56. The van der Waals surface area contributed by atoms with Crippen molar-refractivity contribution in [1.29, 1.82) is 0 Å². The summed E-state index contributed by atoms with van der Waals surface area (Å²) in [5, 5.41) is 0. The van der Waals surface area contributed by atoms with E-state index >= 15 is 0 Å². The van der Waals surface area contributed by atoms with Crippen LogP contribution >= 0.6 is 0 Å². The predicted octanol–water partition coefficient (Wildman–Crippen LogP) is 1.94. The summed E-state index contributed by atoms with van der Waals surface area (Å²) < 4.78 is 73.7. The fraction of sp³-hybridized carbons (Fsp3) is 0.778. The first-order chi connectivity index (χ1) is 8.31. The van der Waals surface area contributed by atoms with Gasteiger partial charge in [-0.25, -0.2) is 4.90 Å². The standard InChI is InChI=1S/C9H12F6N2O2/c1-3-7(16,4-2)17(5(18)8(10,11)12)6(19)9(13,14)15/h3-4,16H2,1-2H3. The number of hydrogen-bond donors (Lipinski definition) is 1. The monoisotopic (exact) mass is 294 g/mol. The molecule has 0 rings (SSSR count). The summed E-state index contributed by atoms with van der Waals surface area (Å²) in [5.74, 6) is -5.86. The summed E-state index contributed by atoms with van der Waals surface area (Å²) in [5.41, 5.74) is 2.97. The largest absolute Gasteiger partial charge is 0.471 e. The van der Waals surface area contributed by atoms with Crippen LogP contribution in [0, 0.1) is 0 Å². The van der Waals surface area contributed by atoms with E-state index in [0.29, 0.717) is 0 Å². The molecular formula is C9H12F6N2O2. The number of rotatable bonds is 3. The van der Waals surface area contributed by atoms with Crippen LogP contribution in [0.1, 0.15) is 26.7 Å². The Morgan fingerprint density at radius 2 is 1.16 bits per heavy atom. The van der Waals surface area contributed by atoms with Gasteiger partial charge < -0.3 is 5.73 Å². The molecule has 0 spiro atoms. The molecule has 0 bridgehead atoms. The minimum atomic E-state index is -5.63. The van der Waals surface area contributed by atoms with Gasteiger partial charge in [0.1, 0.15) is 0 Å². The van der Waals surface area contributed by atoms with Crippen molar-refractivity contribution in [3.8, 4) is 0 Å². The molecule has 0 aliphatic carbocycles. The number of nitrogens with zero attached hydrogens (tertiary/aromatic N) is 1. The quantitative estimate of drug-likeness (QED) is 0.639. The van der Waals surface area contributed by atoms with Gasteiger partial charge in [-0.1, -0.05) is 13.8 Å². The van der Waals surface area contributed by atoms with E-state index in [1.54, 1.807) is 0 Å². The highest BCUT2D eigenvalue weighted by Gasteiger charge is 2.56. The second-order valence-corrected chi connectivity index (χ2v) is 3.75. The lowest BCUT2D eigenvalue weighted by molar-refractivity contribution is -0.212. The smallest absolute Gasteiger partial charge is 0.308 e.